The Morgan fingerprint density at radius 2 is 2.00 bits per heavy atom. The summed E-state index contributed by atoms with van der Waals surface area (Å²) >= 11 is 0. The lowest BCUT2D eigenvalue weighted by Gasteiger charge is -2.24. The SMILES string of the molecule is CNCC1(C(=O)N(C)CCC2CCCC2)CC1. The molecule has 1 N–H and O–H groups in total. The number of carbonyl (C=O) groups is 1. The van der Waals surface area contributed by atoms with Gasteiger partial charge in [-0.1, -0.05) is 25.7 Å². The normalized spacial score (nSPS) is 22.7. The zero-order chi connectivity index (χ0) is 12.3. The number of hydrogen-bond donors (Lipinski definition) is 1. The maximum atomic E-state index is 12.3. The maximum Gasteiger partial charge on any atom is 0.229 e. The molecule has 1 amide bonds. The molecule has 2 rings (SSSR count). The Labute approximate surface area is 105 Å². The first-order valence-electron chi connectivity index (χ1n) is 7.08. The zero-order valence-corrected chi connectivity index (χ0v) is 11.3. The van der Waals surface area contributed by atoms with Crippen molar-refractivity contribution >= 4 is 5.91 Å². The Kier molecular flexibility index (Phi) is 4.08. The van der Waals surface area contributed by atoms with E-state index in [-0.39, 0.29) is 5.41 Å². The topological polar surface area (TPSA) is 32.3 Å². The Morgan fingerprint density at radius 1 is 1.35 bits per heavy atom. The van der Waals surface area contributed by atoms with Crippen molar-refractivity contribution in [2.45, 2.75) is 44.9 Å². The second-order valence-corrected chi connectivity index (χ2v) is 5.98. The van der Waals surface area contributed by atoms with Gasteiger partial charge in [-0.05, 0) is 32.2 Å². The molecule has 2 saturated carbocycles. The largest absolute Gasteiger partial charge is 0.345 e. The monoisotopic (exact) mass is 238 g/mol. The summed E-state index contributed by atoms with van der Waals surface area (Å²) in [6, 6.07) is 0. The maximum absolute atomic E-state index is 12.3. The van der Waals surface area contributed by atoms with Crippen LogP contribution in [-0.4, -0.2) is 38.0 Å². The molecule has 3 nitrogen and oxygen atoms in total. The molecule has 17 heavy (non-hydrogen) atoms. The van der Waals surface area contributed by atoms with Crippen molar-refractivity contribution in [2.75, 3.05) is 27.2 Å². The van der Waals surface area contributed by atoms with Gasteiger partial charge in [-0.15, -0.1) is 0 Å². The van der Waals surface area contributed by atoms with Crippen LogP contribution in [0.4, 0.5) is 0 Å². The first-order valence-corrected chi connectivity index (χ1v) is 7.08. The summed E-state index contributed by atoms with van der Waals surface area (Å²) in [5, 5.41) is 3.16. The van der Waals surface area contributed by atoms with Crippen LogP contribution in [0.25, 0.3) is 0 Å². The third kappa shape index (κ3) is 3.01. The molecule has 0 radical (unpaired) electrons. The molecule has 0 spiro atoms. The van der Waals surface area contributed by atoms with E-state index in [4.69, 9.17) is 0 Å². The number of nitrogens with zero attached hydrogens (tertiary/aromatic N) is 1. The first-order chi connectivity index (χ1) is 8.18. The molecule has 0 saturated heterocycles. The highest BCUT2D eigenvalue weighted by molar-refractivity contribution is 5.85. The van der Waals surface area contributed by atoms with Crippen LogP contribution in [0.2, 0.25) is 0 Å². The highest BCUT2D eigenvalue weighted by Crippen LogP contribution is 2.46. The summed E-state index contributed by atoms with van der Waals surface area (Å²) in [6.45, 7) is 1.80. The predicted molar refractivity (Wildman–Crippen MR) is 69.8 cm³/mol. The smallest absolute Gasteiger partial charge is 0.229 e. The molecular weight excluding hydrogens is 212 g/mol. The fourth-order valence-electron chi connectivity index (χ4n) is 3.14. The number of rotatable bonds is 6. The zero-order valence-electron chi connectivity index (χ0n) is 11.3. The van der Waals surface area contributed by atoms with Crippen molar-refractivity contribution in [2.24, 2.45) is 11.3 Å². The molecule has 2 fully saturated rings. The number of hydrogen-bond acceptors (Lipinski definition) is 2. The van der Waals surface area contributed by atoms with Crippen molar-refractivity contribution in [1.29, 1.82) is 0 Å². The van der Waals surface area contributed by atoms with E-state index in [2.05, 4.69) is 5.32 Å². The molecule has 0 aromatic rings. The minimum Gasteiger partial charge on any atom is -0.345 e. The lowest BCUT2D eigenvalue weighted by Crippen LogP contribution is -2.39. The van der Waals surface area contributed by atoms with Crippen LogP contribution < -0.4 is 5.32 Å². The summed E-state index contributed by atoms with van der Waals surface area (Å²) in [4.78, 5) is 14.3. The van der Waals surface area contributed by atoms with Crippen LogP contribution in [0.15, 0.2) is 0 Å². The summed E-state index contributed by atoms with van der Waals surface area (Å²) in [6.07, 6.45) is 8.89. The molecule has 0 heterocycles. The number of carbonyl (C=O) groups excluding carboxylic acids is 1. The van der Waals surface area contributed by atoms with Gasteiger partial charge in [0.15, 0.2) is 0 Å². The highest BCUT2D eigenvalue weighted by Gasteiger charge is 2.50. The average molecular weight is 238 g/mol. The standard InChI is InChI=1S/C14H26N2O/c1-15-11-14(8-9-14)13(17)16(2)10-7-12-5-3-4-6-12/h12,15H,3-11H2,1-2H3. The molecule has 0 atom stereocenters. The van der Waals surface area contributed by atoms with Crippen molar-refractivity contribution < 1.29 is 4.79 Å². The number of nitrogens with one attached hydrogen (secondary N) is 1. The summed E-state index contributed by atoms with van der Waals surface area (Å²) in [5.74, 6) is 1.24. The third-order valence-electron chi connectivity index (χ3n) is 4.52. The third-order valence-corrected chi connectivity index (χ3v) is 4.52. The van der Waals surface area contributed by atoms with E-state index in [1.54, 1.807) is 0 Å². The van der Waals surface area contributed by atoms with Gasteiger partial charge in [0.2, 0.25) is 5.91 Å². The summed E-state index contributed by atoms with van der Waals surface area (Å²) < 4.78 is 0. The lowest BCUT2D eigenvalue weighted by molar-refractivity contribution is -0.135. The van der Waals surface area contributed by atoms with Crippen LogP contribution in [0.1, 0.15) is 44.9 Å². The Hall–Kier alpha value is -0.570. The van der Waals surface area contributed by atoms with Gasteiger partial charge in [0, 0.05) is 20.1 Å². The van der Waals surface area contributed by atoms with E-state index in [1.807, 2.05) is 19.0 Å². The minimum absolute atomic E-state index is 0.0425. The Balaban J connectivity index is 1.75. The van der Waals surface area contributed by atoms with Crippen LogP contribution in [0.5, 0.6) is 0 Å². The van der Waals surface area contributed by atoms with E-state index < -0.39 is 0 Å². The van der Waals surface area contributed by atoms with Gasteiger partial charge in [-0.25, -0.2) is 0 Å². The molecule has 0 bridgehead atoms. The van der Waals surface area contributed by atoms with Crippen molar-refractivity contribution in [3.63, 3.8) is 0 Å². The second-order valence-electron chi connectivity index (χ2n) is 5.98. The molecule has 0 unspecified atom stereocenters. The molecule has 98 valence electrons. The van der Waals surface area contributed by atoms with Gasteiger partial charge in [0.25, 0.3) is 0 Å². The Bertz CT molecular complexity index is 267. The van der Waals surface area contributed by atoms with Gasteiger partial charge in [0.05, 0.1) is 5.41 Å². The summed E-state index contributed by atoms with van der Waals surface area (Å²) in [7, 11) is 3.92. The second kappa shape index (κ2) is 5.38. The van der Waals surface area contributed by atoms with Crippen molar-refractivity contribution in [3.8, 4) is 0 Å². The molecule has 0 aliphatic heterocycles. The van der Waals surface area contributed by atoms with Gasteiger partial charge >= 0.3 is 0 Å². The fraction of sp³-hybridized carbons (Fsp3) is 0.929. The van der Waals surface area contributed by atoms with Crippen molar-refractivity contribution in [3.05, 3.63) is 0 Å². The highest BCUT2D eigenvalue weighted by atomic mass is 16.2. The van der Waals surface area contributed by atoms with E-state index in [1.165, 1.54) is 32.1 Å². The number of amides is 1. The van der Waals surface area contributed by atoms with E-state index in [0.29, 0.717) is 5.91 Å². The van der Waals surface area contributed by atoms with E-state index >= 15 is 0 Å². The lowest BCUT2D eigenvalue weighted by atomic mass is 10.0. The first kappa shape index (κ1) is 12.9. The molecular formula is C14H26N2O. The van der Waals surface area contributed by atoms with Gasteiger partial charge in [0.1, 0.15) is 0 Å². The fourth-order valence-corrected chi connectivity index (χ4v) is 3.14. The predicted octanol–water partition coefficient (Wildman–Crippen LogP) is 2.02. The summed E-state index contributed by atoms with van der Waals surface area (Å²) in [5.41, 5.74) is -0.0425. The van der Waals surface area contributed by atoms with Crippen LogP contribution >= 0.6 is 0 Å². The average Bonchev–Trinajstić information content (AvgIpc) is 2.92. The molecule has 0 aromatic carbocycles. The van der Waals surface area contributed by atoms with Crippen LogP contribution in [0.3, 0.4) is 0 Å². The molecule has 2 aliphatic carbocycles. The van der Waals surface area contributed by atoms with Gasteiger partial charge in [-0.3, -0.25) is 4.79 Å². The molecule has 2 aliphatic rings. The minimum atomic E-state index is -0.0425. The van der Waals surface area contributed by atoms with Crippen LogP contribution in [-0.2, 0) is 4.79 Å². The van der Waals surface area contributed by atoms with Gasteiger partial charge < -0.3 is 10.2 Å². The molecule has 0 aromatic heterocycles. The van der Waals surface area contributed by atoms with Crippen LogP contribution in [0, 0.1) is 11.3 Å². The Morgan fingerprint density at radius 3 is 2.53 bits per heavy atom. The van der Waals surface area contributed by atoms with E-state index in [9.17, 15) is 4.79 Å². The van der Waals surface area contributed by atoms with E-state index in [0.717, 1.165) is 31.8 Å². The quantitative estimate of drug-likeness (QED) is 0.768. The molecule has 3 heteroatoms. The van der Waals surface area contributed by atoms with Crippen molar-refractivity contribution in [1.82, 2.24) is 10.2 Å². The van der Waals surface area contributed by atoms with Gasteiger partial charge in [-0.2, -0.15) is 0 Å².